The van der Waals surface area contributed by atoms with Gasteiger partial charge in [-0.3, -0.25) is 0 Å². The normalized spacial score (nSPS) is 15.2. The summed E-state index contributed by atoms with van der Waals surface area (Å²) in [6.45, 7) is 3.32. The van der Waals surface area contributed by atoms with Gasteiger partial charge in [0.05, 0.1) is 12.2 Å². The average molecular weight is 198 g/mol. The topological polar surface area (TPSA) is 40.5 Å². The van der Waals surface area contributed by atoms with Gasteiger partial charge >= 0.3 is 0 Å². The molecule has 0 aliphatic heterocycles. The lowest BCUT2D eigenvalue weighted by atomic mass is 10.0. The number of hydrogen-bond acceptors (Lipinski definition) is 2. The van der Waals surface area contributed by atoms with Crippen LogP contribution in [0.3, 0.4) is 0 Å². The van der Waals surface area contributed by atoms with Gasteiger partial charge in [-0.05, 0) is 37.1 Å². The van der Waals surface area contributed by atoms with Gasteiger partial charge in [0, 0.05) is 6.42 Å². The number of hydrogen-bond donors (Lipinski definition) is 2. The summed E-state index contributed by atoms with van der Waals surface area (Å²) < 4.78 is 12.7. The van der Waals surface area contributed by atoms with Crippen molar-refractivity contribution < 1.29 is 14.6 Å². The third kappa shape index (κ3) is 2.79. The van der Waals surface area contributed by atoms with Gasteiger partial charge in [-0.15, -0.1) is 0 Å². The highest BCUT2D eigenvalue weighted by Crippen LogP contribution is 2.13. The molecule has 0 radical (unpaired) electrons. The molecule has 0 aliphatic rings. The summed E-state index contributed by atoms with van der Waals surface area (Å²) in [6.07, 6.45) is -1.21. The first-order chi connectivity index (χ1) is 6.50. The molecule has 1 rings (SSSR count). The highest BCUT2D eigenvalue weighted by Gasteiger charge is 2.12. The molecule has 0 aliphatic carbocycles. The van der Waals surface area contributed by atoms with E-state index in [1.807, 2.05) is 0 Å². The molecule has 14 heavy (non-hydrogen) atoms. The summed E-state index contributed by atoms with van der Waals surface area (Å²) in [4.78, 5) is 0. The van der Waals surface area contributed by atoms with Gasteiger partial charge in [-0.25, -0.2) is 4.39 Å². The van der Waals surface area contributed by atoms with E-state index in [0.29, 0.717) is 6.42 Å². The summed E-state index contributed by atoms with van der Waals surface area (Å²) in [7, 11) is 0. The van der Waals surface area contributed by atoms with E-state index in [0.717, 1.165) is 11.1 Å². The van der Waals surface area contributed by atoms with Crippen molar-refractivity contribution in [3.8, 4) is 0 Å². The van der Waals surface area contributed by atoms with Crippen LogP contribution in [0.1, 0.15) is 18.1 Å². The molecule has 0 bridgehead atoms. The first-order valence-electron chi connectivity index (χ1n) is 4.62. The van der Waals surface area contributed by atoms with Crippen molar-refractivity contribution in [1.82, 2.24) is 0 Å². The highest BCUT2D eigenvalue weighted by molar-refractivity contribution is 5.27. The molecule has 0 saturated carbocycles. The number of halogens is 1. The van der Waals surface area contributed by atoms with Gasteiger partial charge in [-0.1, -0.05) is 6.07 Å². The van der Waals surface area contributed by atoms with Crippen molar-refractivity contribution in [1.29, 1.82) is 0 Å². The maximum absolute atomic E-state index is 12.7. The minimum atomic E-state index is -0.792. The minimum absolute atomic E-state index is 0.280. The van der Waals surface area contributed by atoms with Crippen molar-refractivity contribution in [2.45, 2.75) is 32.5 Å². The van der Waals surface area contributed by atoms with E-state index >= 15 is 0 Å². The minimum Gasteiger partial charge on any atom is -0.391 e. The molecule has 2 unspecified atom stereocenters. The number of aliphatic hydroxyl groups excluding tert-OH is 2. The van der Waals surface area contributed by atoms with Gasteiger partial charge in [-0.2, -0.15) is 0 Å². The smallest absolute Gasteiger partial charge is 0.123 e. The zero-order valence-corrected chi connectivity index (χ0v) is 8.37. The van der Waals surface area contributed by atoms with Crippen LogP contribution in [0.5, 0.6) is 0 Å². The first kappa shape index (κ1) is 11.1. The standard InChI is InChI=1S/C11H15FO2/c1-7-5-10(12)4-3-9(7)6-11(14)8(2)13/h3-5,8,11,13-14H,6H2,1-2H3. The molecule has 0 amide bonds. The van der Waals surface area contributed by atoms with Crippen molar-refractivity contribution >= 4 is 0 Å². The molecule has 2 N–H and O–H groups in total. The first-order valence-corrected chi connectivity index (χ1v) is 4.62. The fraction of sp³-hybridized carbons (Fsp3) is 0.455. The third-order valence-electron chi connectivity index (χ3n) is 2.29. The number of benzene rings is 1. The molecule has 2 atom stereocenters. The van der Waals surface area contributed by atoms with E-state index in [2.05, 4.69) is 0 Å². The van der Waals surface area contributed by atoms with Gasteiger partial charge < -0.3 is 10.2 Å². The monoisotopic (exact) mass is 198 g/mol. The molecular weight excluding hydrogens is 183 g/mol. The Morgan fingerprint density at radius 3 is 2.50 bits per heavy atom. The zero-order chi connectivity index (χ0) is 10.7. The molecule has 1 aromatic carbocycles. The SMILES string of the molecule is Cc1cc(F)ccc1CC(O)C(C)O. The Labute approximate surface area is 83.0 Å². The Hall–Kier alpha value is -0.930. The molecule has 78 valence electrons. The molecule has 0 spiro atoms. The number of aryl methyl sites for hydroxylation is 1. The van der Waals surface area contributed by atoms with Crippen LogP contribution in [0.15, 0.2) is 18.2 Å². The van der Waals surface area contributed by atoms with E-state index in [1.54, 1.807) is 13.0 Å². The van der Waals surface area contributed by atoms with E-state index in [4.69, 9.17) is 5.11 Å². The van der Waals surface area contributed by atoms with Crippen molar-refractivity contribution in [2.75, 3.05) is 0 Å². The Morgan fingerprint density at radius 1 is 1.36 bits per heavy atom. The molecule has 0 aromatic heterocycles. The predicted molar refractivity (Wildman–Crippen MR) is 52.5 cm³/mol. The van der Waals surface area contributed by atoms with Crippen LogP contribution < -0.4 is 0 Å². The summed E-state index contributed by atoms with van der Waals surface area (Å²) in [5.41, 5.74) is 1.66. The Balaban J connectivity index is 2.77. The Bertz CT molecular complexity index is 310. The number of rotatable bonds is 3. The van der Waals surface area contributed by atoms with Gasteiger partial charge in [0.15, 0.2) is 0 Å². The van der Waals surface area contributed by atoms with Crippen LogP contribution >= 0.6 is 0 Å². The van der Waals surface area contributed by atoms with Crippen molar-refractivity contribution in [3.05, 3.63) is 35.1 Å². The lowest BCUT2D eigenvalue weighted by Gasteiger charge is -2.14. The second-order valence-electron chi connectivity index (χ2n) is 3.58. The second-order valence-corrected chi connectivity index (χ2v) is 3.58. The Kier molecular flexibility index (Phi) is 3.61. The van der Waals surface area contributed by atoms with Crippen LogP contribution in [0, 0.1) is 12.7 Å². The fourth-order valence-electron chi connectivity index (χ4n) is 1.28. The van der Waals surface area contributed by atoms with Crippen LogP contribution in [-0.2, 0) is 6.42 Å². The highest BCUT2D eigenvalue weighted by atomic mass is 19.1. The fourth-order valence-corrected chi connectivity index (χ4v) is 1.28. The zero-order valence-electron chi connectivity index (χ0n) is 8.37. The quantitative estimate of drug-likeness (QED) is 0.771. The van der Waals surface area contributed by atoms with Crippen molar-refractivity contribution in [3.63, 3.8) is 0 Å². The third-order valence-corrected chi connectivity index (χ3v) is 2.29. The molecule has 0 fully saturated rings. The largest absolute Gasteiger partial charge is 0.391 e. The van der Waals surface area contributed by atoms with Crippen LogP contribution in [0.25, 0.3) is 0 Å². The van der Waals surface area contributed by atoms with Crippen molar-refractivity contribution in [2.24, 2.45) is 0 Å². The van der Waals surface area contributed by atoms with Crippen LogP contribution in [0.4, 0.5) is 4.39 Å². The summed E-state index contributed by atoms with van der Waals surface area (Å²) in [6, 6.07) is 4.41. The van der Waals surface area contributed by atoms with Gasteiger partial charge in [0.2, 0.25) is 0 Å². The number of aliphatic hydroxyl groups is 2. The van der Waals surface area contributed by atoms with Crippen LogP contribution in [0.2, 0.25) is 0 Å². The van der Waals surface area contributed by atoms with E-state index in [1.165, 1.54) is 19.1 Å². The second kappa shape index (κ2) is 4.53. The predicted octanol–water partition coefficient (Wildman–Crippen LogP) is 1.42. The van der Waals surface area contributed by atoms with Gasteiger partial charge in [0.1, 0.15) is 5.82 Å². The van der Waals surface area contributed by atoms with Crippen LogP contribution in [-0.4, -0.2) is 22.4 Å². The van der Waals surface area contributed by atoms with Gasteiger partial charge in [0.25, 0.3) is 0 Å². The van der Waals surface area contributed by atoms with E-state index < -0.39 is 12.2 Å². The molecule has 0 heterocycles. The van der Waals surface area contributed by atoms with E-state index in [-0.39, 0.29) is 5.82 Å². The molecular formula is C11H15FO2. The maximum atomic E-state index is 12.7. The summed E-state index contributed by atoms with van der Waals surface area (Å²) in [5, 5.41) is 18.5. The molecule has 3 heteroatoms. The Morgan fingerprint density at radius 2 is 2.00 bits per heavy atom. The lowest BCUT2D eigenvalue weighted by molar-refractivity contribution is 0.0319. The maximum Gasteiger partial charge on any atom is 0.123 e. The summed E-state index contributed by atoms with van der Waals surface area (Å²) in [5.74, 6) is -0.280. The molecule has 2 nitrogen and oxygen atoms in total. The van der Waals surface area contributed by atoms with E-state index in [9.17, 15) is 9.50 Å². The molecule has 0 saturated heterocycles. The summed E-state index contributed by atoms with van der Waals surface area (Å²) >= 11 is 0. The molecule has 1 aromatic rings. The average Bonchev–Trinajstić information content (AvgIpc) is 2.09. The lowest BCUT2D eigenvalue weighted by Crippen LogP contribution is -2.25.